The second-order valence-corrected chi connectivity index (χ2v) is 8.18. The number of pyridine rings is 1. The molecule has 2 heterocycles. The molecule has 160 valence electrons. The average Bonchev–Trinajstić information content (AvgIpc) is 2.79. The largest absolute Gasteiger partial charge is 0.354 e. The van der Waals surface area contributed by atoms with Gasteiger partial charge in [0.15, 0.2) is 0 Å². The van der Waals surface area contributed by atoms with Crippen LogP contribution in [-0.4, -0.2) is 48.5 Å². The molecule has 1 amide bonds. The first-order valence-electron chi connectivity index (χ1n) is 11.0. The van der Waals surface area contributed by atoms with Crippen LogP contribution in [0.2, 0.25) is 0 Å². The van der Waals surface area contributed by atoms with Gasteiger partial charge < -0.3 is 15.1 Å². The summed E-state index contributed by atoms with van der Waals surface area (Å²) in [5.41, 5.74) is 5.12. The highest BCUT2D eigenvalue weighted by Gasteiger charge is 2.17. The Labute approximate surface area is 184 Å². The van der Waals surface area contributed by atoms with E-state index >= 15 is 0 Å². The van der Waals surface area contributed by atoms with Gasteiger partial charge in [0.25, 0.3) is 0 Å². The summed E-state index contributed by atoms with van der Waals surface area (Å²) in [6.45, 7) is 11.6. The number of benzene rings is 2. The van der Waals surface area contributed by atoms with Crippen LogP contribution in [0.25, 0.3) is 17.0 Å². The number of piperazine rings is 1. The second kappa shape index (κ2) is 9.31. The standard InChI is InChI=1S/C26H30N4O/c1-4-29-13-15-30(16-14-29)25-17-20(3)23-18-22(10-11-24(23)28-25)27-26(31)12-9-21-7-5-19(2)6-8-21/h5-12,17-18H,4,13-16H2,1-3H3,(H,27,31)/b12-9+. The molecule has 3 aromatic rings. The first-order valence-corrected chi connectivity index (χ1v) is 11.0. The summed E-state index contributed by atoms with van der Waals surface area (Å²) in [6.07, 6.45) is 3.40. The summed E-state index contributed by atoms with van der Waals surface area (Å²) in [5, 5.41) is 4.03. The molecule has 1 aliphatic rings. The van der Waals surface area contributed by atoms with Crippen LogP contribution < -0.4 is 10.2 Å². The van der Waals surface area contributed by atoms with Crippen molar-refractivity contribution in [1.82, 2.24) is 9.88 Å². The van der Waals surface area contributed by atoms with Crippen LogP contribution in [-0.2, 0) is 4.79 Å². The maximum atomic E-state index is 12.4. The van der Waals surface area contributed by atoms with Gasteiger partial charge in [-0.2, -0.15) is 0 Å². The van der Waals surface area contributed by atoms with Crippen molar-refractivity contribution in [1.29, 1.82) is 0 Å². The summed E-state index contributed by atoms with van der Waals surface area (Å²) in [6, 6.07) is 16.2. The Balaban J connectivity index is 1.47. The maximum Gasteiger partial charge on any atom is 0.248 e. The molecule has 1 fully saturated rings. The number of likely N-dealkylation sites (N-methyl/N-ethyl adjacent to an activating group) is 1. The van der Waals surface area contributed by atoms with Gasteiger partial charge in [0, 0.05) is 43.3 Å². The summed E-state index contributed by atoms with van der Waals surface area (Å²) in [7, 11) is 0. The van der Waals surface area contributed by atoms with E-state index in [-0.39, 0.29) is 5.91 Å². The molecular formula is C26H30N4O. The van der Waals surface area contributed by atoms with Gasteiger partial charge in [-0.25, -0.2) is 4.98 Å². The van der Waals surface area contributed by atoms with Crippen LogP contribution in [0, 0.1) is 13.8 Å². The highest BCUT2D eigenvalue weighted by Crippen LogP contribution is 2.26. The van der Waals surface area contributed by atoms with Gasteiger partial charge in [-0.05, 0) is 61.9 Å². The molecule has 5 heteroatoms. The smallest absolute Gasteiger partial charge is 0.248 e. The lowest BCUT2D eigenvalue weighted by atomic mass is 10.1. The summed E-state index contributed by atoms with van der Waals surface area (Å²) in [4.78, 5) is 22.1. The number of nitrogens with one attached hydrogen (secondary N) is 1. The predicted molar refractivity (Wildman–Crippen MR) is 130 cm³/mol. The van der Waals surface area contributed by atoms with Gasteiger partial charge in [0.1, 0.15) is 5.82 Å². The van der Waals surface area contributed by atoms with Crippen LogP contribution in [0.3, 0.4) is 0 Å². The van der Waals surface area contributed by atoms with Gasteiger partial charge in [-0.3, -0.25) is 4.79 Å². The number of hydrogen-bond acceptors (Lipinski definition) is 4. The third-order valence-electron chi connectivity index (χ3n) is 5.92. The van der Waals surface area contributed by atoms with Crippen molar-refractivity contribution in [3.63, 3.8) is 0 Å². The quantitative estimate of drug-likeness (QED) is 0.618. The summed E-state index contributed by atoms with van der Waals surface area (Å²) < 4.78 is 0. The molecule has 1 aromatic heterocycles. The molecular weight excluding hydrogens is 384 g/mol. The van der Waals surface area contributed by atoms with E-state index in [0.717, 1.165) is 60.7 Å². The highest BCUT2D eigenvalue weighted by atomic mass is 16.1. The Morgan fingerprint density at radius 1 is 1.03 bits per heavy atom. The molecule has 0 aliphatic carbocycles. The number of anilines is 2. The SMILES string of the molecule is CCN1CCN(c2cc(C)c3cc(NC(=O)/C=C/c4ccc(C)cc4)ccc3n2)CC1. The lowest BCUT2D eigenvalue weighted by molar-refractivity contribution is -0.111. The first kappa shape index (κ1) is 21.1. The molecule has 1 N–H and O–H groups in total. The van der Waals surface area contributed by atoms with Crippen molar-refractivity contribution in [2.45, 2.75) is 20.8 Å². The number of carbonyl (C=O) groups excluding carboxylic acids is 1. The van der Waals surface area contributed by atoms with Gasteiger partial charge in [-0.1, -0.05) is 36.8 Å². The molecule has 31 heavy (non-hydrogen) atoms. The van der Waals surface area contributed by atoms with Crippen molar-refractivity contribution in [2.24, 2.45) is 0 Å². The minimum Gasteiger partial charge on any atom is -0.354 e. The maximum absolute atomic E-state index is 12.4. The van der Waals surface area contributed by atoms with E-state index in [0.29, 0.717) is 0 Å². The van der Waals surface area contributed by atoms with Crippen LogP contribution in [0.15, 0.2) is 54.6 Å². The van der Waals surface area contributed by atoms with E-state index in [9.17, 15) is 4.79 Å². The molecule has 0 saturated carbocycles. The topological polar surface area (TPSA) is 48.5 Å². The number of aryl methyl sites for hydroxylation is 2. The summed E-state index contributed by atoms with van der Waals surface area (Å²) in [5.74, 6) is 0.898. The average molecular weight is 415 g/mol. The lowest BCUT2D eigenvalue weighted by Crippen LogP contribution is -2.46. The van der Waals surface area contributed by atoms with Crippen LogP contribution in [0.4, 0.5) is 11.5 Å². The van der Waals surface area contributed by atoms with Gasteiger partial charge >= 0.3 is 0 Å². The third kappa shape index (κ3) is 5.12. The Hall–Kier alpha value is -3.18. The molecule has 0 radical (unpaired) electrons. The van der Waals surface area contributed by atoms with Crippen LogP contribution in [0.1, 0.15) is 23.6 Å². The monoisotopic (exact) mass is 414 g/mol. The Kier molecular flexibility index (Phi) is 6.33. The highest BCUT2D eigenvalue weighted by molar-refractivity contribution is 6.03. The fourth-order valence-electron chi connectivity index (χ4n) is 3.94. The van der Waals surface area contributed by atoms with Gasteiger partial charge in [0.2, 0.25) is 5.91 Å². The molecule has 0 spiro atoms. The van der Waals surface area contributed by atoms with Crippen molar-refractivity contribution in [3.05, 3.63) is 71.3 Å². The number of fused-ring (bicyclic) bond motifs is 1. The number of rotatable bonds is 5. The van der Waals surface area contributed by atoms with Crippen molar-refractivity contribution < 1.29 is 4.79 Å². The minimum absolute atomic E-state index is 0.143. The lowest BCUT2D eigenvalue weighted by Gasteiger charge is -2.35. The van der Waals surface area contributed by atoms with E-state index in [4.69, 9.17) is 4.98 Å². The van der Waals surface area contributed by atoms with Crippen molar-refractivity contribution in [2.75, 3.05) is 42.9 Å². The fraction of sp³-hybridized carbons (Fsp3) is 0.308. The Morgan fingerprint density at radius 3 is 2.48 bits per heavy atom. The van der Waals surface area contributed by atoms with Crippen LogP contribution in [0.5, 0.6) is 0 Å². The first-order chi connectivity index (χ1) is 15.0. The van der Waals surface area contributed by atoms with Gasteiger partial charge in [0.05, 0.1) is 5.52 Å². The molecule has 5 nitrogen and oxygen atoms in total. The number of hydrogen-bond donors (Lipinski definition) is 1. The van der Waals surface area contributed by atoms with Crippen molar-refractivity contribution in [3.8, 4) is 0 Å². The number of nitrogens with zero attached hydrogens (tertiary/aromatic N) is 3. The fourth-order valence-corrected chi connectivity index (χ4v) is 3.94. The zero-order valence-corrected chi connectivity index (χ0v) is 18.6. The normalized spacial score (nSPS) is 15.0. The van der Waals surface area contributed by atoms with E-state index < -0.39 is 0 Å². The number of carbonyl (C=O) groups is 1. The molecule has 0 unspecified atom stereocenters. The van der Waals surface area contributed by atoms with E-state index in [1.165, 1.54) is 11.1 Å². The Bertz CT molecular complexity index is 1100. The number of amides is 1. The zero-order valence-electron chi connectivity index (χ0n) is 18.6. The third-order valence-corrected chi connectivity index (χ3v) is 5.92. The summed E-state index contributed by atoms with van der Waals surface area (Å²) >= 11 is 0. The van der Waals surface area contributed by atoms with E-state index in [1.54, 1.807) is 6.08 Å². The van der Waals surface area contributed by atoms with E-state index in [1.807, 2.05) is 55.5 Å². The van der Waals surface area contributed by atoms with E-state index in [2.05, 4.69) is 35.0 Å². The second-order valence-electron chi connectivity index (χ2n) is 8.18. The molecule has 0 bridgehead atoms. The molecule has 2 aromatic carbocycles. The Morgan fingerprint density at radius 2 is 1.77 bits per heavy atom. The molecule has 1 saturated heterocycles. The minimum atomic E-state index is -0.143. The number of aromatic nitrogens is 1. The van der Waals surface area contributed by atoms with Crippen LogP contribution >= 0.6 is 0 Å². The van der Waals surface area contributed by atoms with Gasteiger partial charge in [-0.15, -0.1) is 0 Å². The molecule has 4 rings (SSSR count). The molecule has 0 atom stereocenters. The zero-order chi connectivity index (χ0) is 21.8. The molecule has 1 aliphatic heterocycles. The predicted octanol–water partition coefficient (Wildman–Crippen LogP) is 4.65. The van der Waals surface area contributed by atoms with Crippen molar-refractivity contribution >= 4 is 34.4 Å².